The van der Waals surface area contributed by atoms with Crippen molar-refractivity contribution < 1.29 is 9.59 Å². The standard InChI is InChI=1S/C24H35N3O2/c28-23(25-21-11-13-22(14-12-21)26-15-5-6-16-26)19-7-9-20(10-8-19)24(29)27-17-3-1-2-4-18-27/h11-14,19-20H,1-10,15-18H2,(H,25,28). The normalized spacial score (nSPS) is 25.5. The molecule has 0 spiro atoms. The Labute approximate surface area is 174 Å². The maximum absolute atomic E-state index is 12.8. The van der Waals surface area contributed by atoms with Gasteiger partial charge in [0, 0.05) is 49.4 Å². The van der Waals surface area contributed by atoms with Gasteiger partial charge in [-0.25, -0.2) is 0 Å². The molecule has 158 valence electrons. The molecule has 2 heterocycles. The molecule has 0 unspecified atom stereocenters. The molecular formula is C24H35N3O2. The van der Waals surface area contributed by atoms with Crippen LogP contribution in [0.2, 0.25) is 0 Å². The van der Waals surface area contributed by atoms with Crippen LogP contribution < -0.4 is 10.2 Å². The maximum Gasteiger partial charge on any atom is 0.227 e. The van der Waals surface area contributed by atoms with Gasteiger partial charge >= 0.3 is 0 Å². The van der Waals surface area contributed by atoms with Crippen molar-refractivity contribution in [3.8, 4) is 0 Å². The first-order valence-electron chi connectivity index (χ1n) is 11.7. The van der Waals surface area contributed by atoms with Crippen LogP contribution in [0.25, 0.3) is 0 Å². The maximum atomic E-state index is 12.8. The van der Waals surface area contributed by atoms with Crippen molar-refractivity contribution in [2.45, 2.75) is 64.2 Å². The van der Waals surface area contributed by atoms with Crippen LogP contribution in [0.1, 0.15) is 64.2 Å². The first-order chi connectivity index (χ1) is 14.2. The van der Waals surface area contributed by atoms with E-state index < -0.39 is 0 Å². The minimum atomic E-state index is 0.0291. The van der Waals surface area contributed by atoms with E-state index in [1.54, 1.807) is 0 Å². The molecule has 3 aliphatic rings. The fraction of sp³-hybridized carbons (Fsp3) is 0.667. The van der Waals surface area contributed by atoms with E-state index in [1.165, 1.54) is 31.4 Å². The summed E-state index contributed by atoms with van der Waals surface area (Å²) in [5, 5.41) is 3.09. The first-order valence-corrected chi connectivity index (χ1v) is 11.7. The third kappa shape index (κ3) is 5.12. The SMILES string of the molecule is O=C(Nc1ccc(N2CCCC2)cc1)C1CCC(C(=O)N2CCCCCC2)CC1. The summed E-state index contributed by atoms with van der Waals surface area (Å²) in [6, 6.07) is 8.25. The van der Waals surface area contributed by atoms with Gasteiger partial charge in [-0.05, 0) is 75.6 Å². The van der Waals surface area contributed by atoms with Crippen molar-refractivity contribution in [2.24, 2.45) is 11.8 Å². The predicted molar refractivity (Wildman–Crippen MR) is 117 cm³/mol. The molecular weight excluding hydrogens is 362 g/mol. The van der Waals surface area contributed by atoms with Gasteiger partial charge < -0.3 is 15.1 Å². The van der Waals surface area contributed by atoms with Crippen LogP contribution in [0.3, 0.4) is 0 Å². The van der Waals surface area contributed by atoms with Gasteiger partial charge in [-0.2, -0.15) is 0 Å². The lowest BCUT2D eigenvalue weighted by molar-refractivity contribution is -0.137. The van der Waals surface area contributed by atoms with Crippen molar-refractivity contribution in [2.75, 3.05) is 36.4 Å². The number of carbonyl (C=O) groups excluding carboxylic acids is 2. The second-order valence-electron chi connectivity index (χ2n) is 9.02. The van der Waals surface area contributed by atoms with E-state index in [0.717, 1.165) is 70.4 Å². The molecule has 2 amide bonds. The fourth-order valence-corrected chi connectivity index (χ4v) is 5.13. The van der Waals surface area contributed by atoms with E-state index in [-0.39, 0.29) is 17.7 Å². The number of amides is 2. The van der Waals surface area contributed by atoms with E-state index >= 15 is 0 Å². The monoisotopic (exact) mass is 397 g/mol. The van der Waals surface area contributed by atoms with Crippen LogP contribution in [0, 0.1) is 11.8 Å². The third-order valence-corrected chi connectivity index (χ3v) is 6.97. The van der Waals surface area contributed by atoms with Crippen LogP contribution in [-0.4, -0.2) is 42.9 Å². The van der Waals surface area contributed by atoms with Gasteiger partial charge in [0.2, 0.25) is 11.8 Å². The Kier molecular flexibility index (Phi) is 6.73. The van der Waals surface area contributed by atoms with Crippen molar-refractivity contribution in [1.29, 1.82) is 0 Å². The lowest BCUT2D eigenvalue weighted by atomic mass is 9.81. The number of anilines is 2. The van der Waals surface area contributed by atoms with Crippen LogP contribution in [-0.2, 0) is 9.59 Å². The topological polar surface area (TPSA) is 52.7 Å². The second kappa shape index (κ2) is 9.64. The van der Waals surface area contributed by atoms with Crippen LogP contribution in [0.15, 0.2) is 24.3 Å². The largest absolute Gasteiger partial charge is 0.372 e. The predicted octanol–water partition coefficient (Wildman–Crippen LogP) is 4.43. The molecule has 0 radical (unpaired) electrons. The van der Waals surface area contributed by atoms with Crippen LogP contribution >= 0.6 is 0 Å². The molecule has 29 heavy (non-hydrogen) atoms. The Morgan fingerprint density at radius 1 is 0.724 bits per heavy atom. The zero-order chi connectivity index (χ0) is 20.1. The summed E-state index contributed by atoms with van der Waals surface area (Å²) >= 11 is 0. The zero-order valence-electron chi connectivity index (χ0n) is 17.6. The fourth-order valence-electron chi connectivity index (χ4n) is 5.13. The zero-order valence-corrected chi connectivity index (χ0v) is 17.6. The molecule has 2 aliphatic heterocycles. The average molecular weight is 398 g/mol. The Balaban J connectivity index is 1.25. The van der Waals surface area contributed by atoms with Crippen molar-refractivity contribution in [1.82, 2.24) is 4.90 Å². The molecule has 1 aromatic carbocycles. The number of nitrogens with one attached hydrogen (secondary N) is 1. The molecule has 3 fully saturated rings. The summed E-state index contributed by atoms with van der Waals surface area (Å²) in [7, 11) is 0. The molecule has 4 rings (SSSR count). The lowest BCUT2D eigenvalue weighted by Crippen LogP contribution is -2.39. The molecule has 0 atom stereocenters. The summed E-state index contributed by atoms with van der Waals surface area (Å²) in [5.41, 5.74) is 2.12. The summed E-state index contributed by atoms with van der Waals surface area (Å²) in [6.45, 7) is 4.11. The van der Waals surface area contributed by atoms with E-state index in [0.29, 0.717) is 5.91 Å². The molecule has 2 saturated heterocycles. The summed E-state index contributed by atoms with van der Waals surface area (Å²) in [6.07, 6.45) is 10.6. The number of nitrogens with zero attached hydrogens (tertiary/aromatic N) is 2. The van der Waals surface area contributed by atoms with E-state index in [1.807, 2.05) is 12.1 Å². The van der Waals surface area contributed by atoms with Crippen molar-refractivity contribution >= 4 is 23.2 Å². The highest BCUT2D eigenvalue weighted by atomic mass is 16.2. The molecule has 1 N–H and O–H groups in total. The van der Waals surface area contributed by atoms with Gasteiger partial charge in [0.05, 0.1) is 0 Å². The average Bonchev–Trinajstić information content (AvgIpc) is 3.16. The Morgan fingerprint density at radius 2 is 1.28 bits per heavy atom. The Bertz CT molecular complexity index is 681. The minimum Gasteiger partial charge on any atom is -0.372 e. The summed E-state index contributed by atoms with van der Waals surface area (Å²) < 4.78 is 0. The van der Waals surface area contributed by atoms with E-state index in [4.69, 9.17) is 0 Å². The Morgan fingerprint density at radius 3 is 1.90 bits per heavy atom. The lowest BCUT2D eigenvalue weighted by Gasteiger charge is -2.31. The molecule has 1 aliphatic carbocycles. The quantitative estimate of drug-likeness (QED) is 0.817. The van der Waals surface area contributed by atoms with Gasteiger partial charge in [0.1, 0.15) is 0 Å². The number of likely N-dealkylation sites (tertiary alicyclic amines) is 1. The van der Waals surface area contributed by atoms with E-state index in [9.17, 15) is 9.59 Å². The molecule has 1 aromatic rings. The number of hydrogen-bond donors (Lipinski definition) is 1. The number of rotatable bonds is 4. The summed E-state index contributed by atoms with van der Waals surface area (Å²) in [4.78, 5) is 30.0. The molecule has 1 saturated carbocycles. The van der Waals surface area contributed by atoms with Gasteiger partial charge in [-0.15, -0.1) is 0 Å². The van der Waals surface area contributed by atoms with Gasteiger partial charge in [-0.1, -0.05) is 12.8 Å². The second-order valence-corrected chi connectivity index (χ2v) is 9.02. The highest BCUT2D eigenvalue weighted by molar-refractivity contribution is 5.93. The molecule has 5 nitrogen and oxygen atoms in total. The molecule has 0 bridgehead atoms. The minimum absolute atomic E-state index is 0.0291. The Hall–Kier alpha value is -2.04. The highest BCUT2D eigenvalue weighted by Crippen LogP contribution is 2.32. The van der Waals surface area contributed by atoms with E-state index in [2.05, 4.69) is 27.2 Å². The number of hydrogen-bond acceptors (Lipinski definition) is 3. The number of carbonyl (C=O) groups is 2. The molecule has 5 heteroatoms. The third-order valence-electron chi connectivity index (χ3n) is 6.97. The van der Waals surface area contributed by atoms with Gasteiger partial charge in [0.15, 0.2) is 0 Å². The van der Waals surface area contributed by atoms with Gasteiger partial charge in [-0.3, -0.25) is 9.59 Å². The smallest absolute Gasteiger partial charge is 0.227 e. The van der Waals surface area contributed by atoms with Crippen molar-refractivity contribution in [3.63, 3.8) is 0 Å². The van der Waals surface area contributed by atoms with Crippen molar-refractivity contribution in [3.05, 3.63) is 24.3 Å². The van der Waals surface area contributed by atoms with Crippen LogP contribution in [0.5, 0.6) is 0 Å². The first kappa shape index (κ1) is 20.2. The van der Waals surface area contributed by atoms with Gasteiger partial charge in [0.25, 0.3) is 0 Å². The highest BCUT2D eigenvalue weighted by Gasteiger charge is 2.32. The summed E-state index contributed by atoms with van der Waals surface area (Å²) in [5.74, 6) is 0.598. The number of benzene rings is 1. The van der Waals surface area contributed by atoms with Crippen LogP contribution in [0.4, 0.5) is 11.4 Å². The molecule has 0 aromatic heterocycles.